The van der Waals surface area contributed by atoms with Gasteiger partial charge in [-0.2, -0.15) is 0 Å². The number of hydrogen-bond acceptors (Lipinski definition) is 6. The molecule has 4 rings (SSSR count). The third kappa shape index (κ3) is 4.01. The van der Waals surface area contributed by atoms with Crippen LogP contribution in [0.4, 0.5) is 5.69 Å². The van der Waals surface area contributed by atoms with Crippen molar-refractivity contribution < 1.29 is 23.8 Å². The van der Waals surface area contributed by atoms with Crippen LogP contribution in [0.3, 0.4) is 0 Å². The van der Waals surface area contributed by atoms with Gasteiger partial charge in [-0.1, -0.05) is 0 Å². The molecule has 1 aromatic carbocycles. The van der Waals surface area contributed by atoms with Gasteiger partial charge in [-0.05, 0) is 37.1 Å². The number of carbonyl (C=O) groups excluding carboxylic acids is 2. The average Bonchev–Trinajstić information content (AvgIpc) is 3.37. The van der Waals surface area contributed by atoms with Crippen molar-refractivity contribution in [2.24, 2.45) is 0 Å². The van der Waals surface area contributed by atoms with Crippen LogP contribution in [-0.4, -0.2) is 42.8 Å². The highest BCUT2D eigenvalue weighted by molar-refractivity contribution is 6.05. The van der Waals surface area contributed by atoms with E-state index in [9.17, 15) is 9.59 Å². The second-order valence-electron chi connectivity index (χ2n) is 6.30. The molecule has 1 unspecified atom stereocenters. The number of pyridine rings is 1. The lowest BCUT2D eigenvalue weighted by atomic mass is 10.2. The molecule has 1 aromatic heterocycles. The molecular formula is C19H19N3O5. The summed E-state index contributed by atoms with van der Waals surface area (Å²) >= 11 is 0. The summed E-state index contributed by atoms with van der Waals surface area (Å²) in [5.74, 6) is 0.548. The fourth-order valence-electron chi connectivity index (χ4n) is 2.98. The van der Waals surface area contributed by atoms with Crippen LogP contribution in [0, 0.1) is 0 Å². The van der Waals surface area contributed by atoms with Gasteiger partial charge < -0.3 is 24.8 Å². The van der Waals surface area contributed by atoms with Crippen molar-refractivity contribution in [3.05, 3.63) is 47.8 Å². The molecule has 3 heterocycles. The molecule has 2 aliphatic rings. The molecule has 2 aliphatic heterocycles. The Hall–Kier alpha value is -3.13. The molecular weight excluding hydrogens is 350 g/mol. The molecule has 1 atom stereocenters. The smallest absolute Gasteiger partial charge is 0.269 e. The number of benzene rings is 1. The Balaban J connectivity index is 1.40. The third-order valence-electron chi connectivity index (χ3n) is 4.40. The molecule has 8 nitrogen and oxygen atoms in total. The summed E-state index contributed by atoms with van der Waals surface area (Å²) in [6.07, 6.45) is 3.43. The highest BCUT2D eigenvalue weighted by atomic mass is 16.7. The molecule has 1 saturated heterocycles. The molecule has 140 valence electrons. The van der Waals surface area contributed by atoms with Gasteiger partial charge in [0, 0.05) is 36.7 Å². The first-order valence-corrected chi connectivity index (χ1v) is 8.76. The number of aromatic nitrogens is 1. The van der Waals surface area contributed by atoms with Crippen molar-refractivity contribution in [2.75, 3.05) is 25.3 Å². The molecule has 27 heavy (non-hydrogen) atoms. The number of hydrogen-bond donors (Lipinski definition) is 2. The molecule has 1 fully saturated rings. The second-order valence-corrected chi connectivity index (χ2v) is 6.30. The minimum Gasteiger partial charge on any atom is -0.454 e. The lowest BCUT2D eigenvalue weighted by Gasteiger charge is -2.11. The first-order chi connectivity index (χ1) is 13.2. The zero-order valence-electron chi connectivity index (χ0n) is 14.6. The van der Waals surface area contributed by atoms with Crippen LogP contribution in [0.2, 0.25) is 0 Å². The first kappa shape index (κ1) is 17.3. The topological polar surface area (TPSA) is 98.8 Å². The molecule has 0 aliphatic carbocycles. The number of rotatable bonds is 5. The average molecular weight is 369 g/mol. The summed E-state index contributed by atoms with van der Waals surface area (Å²) in [6.45, 7) is 1.34. The largest absolute Gasteiger partial charge is 0.454 e. The zero-order valence-corrected chi connectivity index (χ0v) is 14.6. The maximum Gasteiger partial charge on any atom is 0.269 e. The van der Waals surface area contributed by atoms with Crippen LogP contribution in [0.15, 0.2) is 36.5 Å². The van der Waals surface area contributed by atoms with Gasteiger partial charge in [0.2, 0.25) is 6.79 Å². The summed E-state index contributed by atoms with van der Waals surface area (Å²) < 4.78 is 16.0. The lowest BCUT2D eigenvalue weighted by molar-refractivity contribution is 0.0853. The van der Waals surface area contributed by atoms with Gasteiger partial charge in [0.1, 0.15) is 5.69 Å². The quantitative estimate of drug-likeness (QED) is 0.836. The van der Waals surface area contributed by atoms with Crippen molar-refractivity contribution in [3.8, 4) is 11.5 Å². The Bertz CT molecular complexity index is 864. The Morgan fingerprint density at radius 1 is 1.11 bits per heavy atom. The normalized spacial score (nSPS) is 17.6. The minimum absolute atomic E-state index is 0.0476. The van der Waals surface area contributed by atoms with Crippen LogP contribution in [0.5, 0.6) is 11.5 Å². The van der Waals surface area contributed by atoms with Crippen LogP contribution >= 0.6 is 0 Å². The van der Waals surface area contributed by atoms with E-state index in [1.165, 1.54) is 12.3 Å². The predicted octanol–water partition coefficient (Wildman–Crippen LogP) is 1.97. The Morgan fingerprint density at radius 2 is 2.00 bits per heavy atom. The van der Waals surface area contributed by atoms with E-state index in [-0.39, 0.29) is 30.4 Å². The fourth-order valence-corrected chi connectivity index (χ4v) is 2.98. The van der Waals surface area contributed by atoms with Crippen LogP contribution in [-0.2, 0) is 4.74 Å². The van der Waals surface area contributed by atoms with E-state index in [0.717, 1.165) is 19.4 Å². The number of fused-ring (bicyclic) bond motifs is 1. The SMILES string of the molecule is O=C(Nc1ccc2c(c1)OCO2)c1ccnc(C(=O)NCC2CCCO2)c1. The zero-order chi connectivity index (χ0) is 18.6. The van der Waals surface area contributed by atoms with Gasteiger partial charge >= 0.3 is 0 Å². The van der Waals surface area contributed by atoms with Crippen LogP contribution < -0.4 is 20.1 Å². The summed E-state index contributed by atoms with van der Waals surface area (Å²) in [6, 6.07) is 8.17. The standard InChI is InChI=1S/C19H19N3O5/c23-18(22-13-3-4-16-17(9-13)27-11-26-16)12-5-6-20-15(8-12)19(24)21-10-14-2-1-7-25-14/h3-6,8-9,14H,1-2,7,10-11H2,(H,21,24)(H,22,23). The minimum atomic E-state index is -0.343. The number of carbonyl (C=O) groups is 2. The monoisotopic (exact) mass is 369 g/mol. The van der Waals surface area contributed by atoms with Gasteiger partial charge in [-0.25, -0.2) is 0 Å². The molecule has 2 N–H and O–H groups in total. The van der Waals surface area contributed by atoms with Gasteiger partial charge in [0.05, 0.1) is 6.10 Å². The van der Waals surface area contributed by atoms with Crippen LogP contribution in [0.1, 0.15) is 33.7 Å². The first-order valence-electron chi connectivity index (χ1n) is 8.76. The number of anilines is 1. The third-order valence-corrected chi connectivity index (χ3v) is 4.40. The number of ether oxygens (including phenoxy) is 3. The van der Waals surface area contributed by atoms with E-state index in [4.69, 9.17) is 14.2 Å². The Labute approximate surface area is 155 Å². The molecule has 2 aromatic rings. The van der Waals surface area contributed by atoms with E-state index in [1.807, 2.05) is 0 Å². The molecule has 0 bridgehead atoms. The maximum absolute atomic E-state index is 12.5. The number of nitrogens with one attached hydrogen (secondary N) is 2. The fraction of sp³-hybridized carbons (Fsp3) is 0.316. The molecule has 8 heteroatoms. The van der Waals surface area contributed by atoms with Crippen molar-refractivity contribution in [2.45, 2.75) is 18.9 Å². The maximum atomic E-state index is 12.5. The van der Waals surface area contributed by atoms with Crippen molar-refractivity contribution in [1.29, 1.82) is 0 Å². The van der Waals surface area contributed by atoms with E-state index in [0.29, 0.717) is 29.3 Å². The van der Waals surface area contributed by atoms with E-state index >= 15 is 0 Å². The van der Waals surface area contributed by atoms with Crippen molar-refractivity contribution in [1.82, 2.24) is 10.3 Å². The highest BCUT2D eigenvalue weighted by Gasteiger charge is 2.18. The van der Waals surface area contributed by atoms with Crippen LogP contribution in [0.25, 0.3) is 0 Å². The Kier molecular flexibility index (Phi) is 4.88. The van der Waals surface area contributed by atoms with Gasteiger partial charge in [0.25, 0.3) is 11.8 Å². The van der Waals surface area contributed by atoms with E-state index in [2.05, 4.69) is 15.6 Å². The number of nitrogens with zero attached hydrogens (tertiary/aromatic N) is 1. The van der Waals surface area contributed by atoms with E-state index in [1.54, 1.807) is 24.3 Å². The van der Waals surface area contributed by atoms with Crippen molar-refractivity contribution >= 4 is 17.5 Å². The molecule has 0 saturated carbocycles. The molecule has 0 radical (unpaired) electrons. The molecule has 0 spiro atoms. The summed E-state index contributed by atoms with van der Waals surface area (Å²) in [4.78, 5) is 28.8. The summed E-state index contributed by atoms with van der Waals surface area (Å²) in [5, 5.41) is 5.57. The van der Waals surface area contributed by atoms with Gasteiger partial charge in [-0.3, -0.25) is 14.6 Å². The number of amides is 2. The Morgan fingerprint density at radius 3 is 2.85 bits per heavy atom. The van der Waals surface area contributed by atoms with Gasteiger partial charge in [-0.15, -0.1) is 0 Å². The lowest BCUT2D eigenvalue weighted by Crippen LogP contribution is -2.32. The summed E-state index contributed by atoms with van der Waals surface area (Å²) in [7, 11) is 0. The second kappa shape index (κ2) is 7.63. The molecule has 2 amide bonds. The summed E-state index contributed by atoms with van der Waals surface area (Å²) in [5.41, 5.74) is 1.10. The van der Waals surface area contributed by atoms with Crippen molar-refractivity contribution in [3.63, 3.8) is 0 Å². The van der Waals surface area contributed by atoms with Gasteiger partial charge in [0.15, 0.2) is 11.5 Å². The predicted molar refractivity (Wildman–Crippen MR) is 96.1 cm³/mol. The highest BCUT2D eigenvalue weighted by Crippen LogP contribution is 2.34. The van der Waals surface area contributed by atoms with E-state index < -0.39 is 0 Å².